The van der Waals surface area contributed by atoms with Crippen LogP contribution in [0.3, 0.4) is 0 Å². The van der Waals surface area contributed by atoms with E-state index in [1.807, 2.05) is 30.3 Å². The lowest BCUT2D eigenvalue weighted by Gasteiger charge is -2.07. The second kappa shape index (κ2) is 5.87. The lowest BCUT2D eigenvalue weighted by molar-refractivity contribution is 0.0696. The molecule has 0 unspecified atom stereocenters. The summed E-state index contributed by atoms with van der Waals surface area (Å²) in [5, 5.41) is 8.91. The van der Waals surface area contributed by atoms with Crippen LogP contribution in [-0.2, 0) is 9.05 Å². The summed E-state index contributed by atoms with van der Waals surface area (Å²) in [7, 11) is 1.35. The van der Waals surface area contributed by atoms with Gasteiger partial charge in [-0.05, 0) is 30.3 Å². The molecule has 1 N–H and O–H groups in total. The Bertz CT molecular complexity index is 742. The Kier molecular flexibility index (Phi) is 4.37. The summed E-state index contributed by atoms with van der Waals surface area (Å²) in [5.74, 6) is -1.21. The Labute approximate surface area is 124 Å². The van der Waals surface area contributed by atoms with E-state index in [0.29, 0.717) is 4.90 Å². The van der Waals surface area contributed by atoms with E-state index in [1.165, 1.54) is 23.9 Å². The fourth-order valence-electron chi connectivity index (χ4n) is 1.53. The summed E-state index contributed by atoms with van der Waals surface area (Å²) in [5.41, 5.74) is -0.123. The van der Waals surface area contributed by atoms with E-state index >= 15 is 0 Å². The highest BCUT2D eigenvalue weighted by Crippen LogP contribution is 2.34. The number of hydrogen-bond acceptors (Lipinski definition) is 4. The van der Waals surface area contributed by atoms with E-state index in [0.717, 1.165) is 11.0 Å². The van der Waals surface area contributed by atoms with Gasteiger partial charge in [0.15, 0.2) is 0 Å². The maximum absolute atomic E-state index is 11.6. The second-order valence-corrected chi connectivity index (χ2v) is 7.47. The lowest BCUT2D eigenvalue weighted by Crippen LogP contribution is -2.01. The van der Waals surface area contributed by atoms with Gasteiger partial charge in [-0.1, -0.05) is 30.0 Å². The number of hydrogen-bond donors (Lipinski definition) is 1. The minimum absolute atomic E-state index is 0.123. The standard InChI is InChI=1S/C13H9ClO4S2/c14-20(17,18)12-8-9(13(15)16)6-7-11(12)19-10-4-2-1-3-5-10/h1-8H,(H,15,16). The molecule has 0 saturated heterocycles. The number of halogens is 1. The maximum atomic E-state index is 11.6. The molecular weight excluding hydrogens is 320 g/mol. The number of carbonyl (C=O) groups is 1. The third-order valence-corrected chi connectivity index (χ3v) is 5.00. The Morgan fingerprint density at radius 2 is 1.75 bits per heavy atom. The zero-order chi connectivity index (χ0) is 14.8. The van der Waals surface area contributed by atoms with Crippen molar-refractivity contribution in [3.8, 4) is 0 Å². The smallest absolute Gasteiger partial charge is 0.335 e. The molecule has 0 spiro atoms. The zero-order valence-corrected chi connectivity index (χ0v) is 12.4. The van der Waals surface area contributed by atoms with Crippen LogP contribution in [-0.4, -0.2) is 19.5 Å². The van der Waals surface area contributed by atoms with E-state index < -0.39 is 15.0 Å². The average Bonchev–Trinajstić information content (AvgIpc) is 2.39. The number of benzene rings is 2. The van der Waals surface area contributed by atoms with Gasteiger partial charge in [-0.25, -0.2) is 13.2 Å². The van der Waals surface area contributed by atoms with E-state index in [2.05, 4.69) is 0 Å². The fraction of sp³-hybridized carbons (Fsp3) is 0. The predicted octanol–water partition coefficient (Wildman–Crippen LogP) is 3.46. The molecule has 0 radical (unpaired) electrons. The van der Waals surface area contributed by atoms with E-state index in [-0.39, 0.29) is 10.5 Å². The molecule has 0 atom stereocenters. The zero-order valence-electron chi connectivity index (χ0n) is 9.99. The van der Waals surface area contributed by atoms with Crippen LogP contribution in [0.25, 0.3) is 0 Å². The molecule has 0 aliphatic rings. The molecule has 2 aromatic rings. The molecule has 4 nitrogen and oxygen atoms in total. The van der Waals surface area contributed by atoms with Crippen molar-refractivity contribution >= 4 is 37.5 Å². The van der Waals surface area contributed by atoms with E-state index in [9.17, 15) is 13.2 Å². The highest BCUT2D eigenvalue weighted by atomic mass is 35.7. The van der Waals surface area contributed by atoms with Crippen LogP contribution < -0.4 is 0 Å². The van der Waals surface area contributed by atoms with Gasteiger partial charge in [0.05, 0.1) is 10.5 Å². The van der Waals surface area contributed by atoms with Crippen molar-refractivity contribution in [3.05, 3.63) is 54.1 Å². The third-order valence-electron chi connectivity index (χ3n) is 2.42. The molecule has 0 aliphatic carbocycles. The van der Waals surface area contributed by atoms with Crippen molar-refractivity contribution in [1.29, 1.82) is 0 Å². The molecule has 104 valence electrons. The van der Waals surface area contributed by atoms with Gasteiger partial charge in [0, 0.05) is 20.5 Å². The molecule has 2 aromatic carbocycles. The molecular formula is C13H9ClO4S2. The third kappa shape index (κ3) is 3.53. The van der Waals surface area contributed by atoms with Crippen molar-refractivity contribution in [2.75, 3.05) is 0 Å². The highest BCUT2D eigenvalue weighted by molar-refractivity contribution is 8.14. The Balaban J connectivity index is 2.50. The first kappa shape index (κ1) is 14.9. The Morgan fingerprint density at radius 1 is 1.10 bits per heavy atom. The number of aromatic carboxylic acids is 1. The summed E-state index contributed by atoms with van der Waals surface area (Å²) in [6.45, 7) is 0. The monoisotopic (exact) mass is 328 g/mol. The predicted molar refractivity (Wildman–Crippen MR) is 77.0 cm³/mol. The van der Waals surface area contributed by atoms with Crippen molar-refractivity contribution in [2.24, 2.45) is 0 Å². The van der Waals surface area contributed by atoms with Crippen LogP contribution in [0.4, 0.5) is 0 Å². The number of carboxylic acid groups (broad SMARTS) is 1. The minimum atomic E-state index is -4.02. The van der Waals surface area contributed by atoms with Gasteiger partial charge in [0.2, 0.25) is 0 Å². The summed E-state index contributed by atoms with van der Waals surface area (Å²) in [6.07, 6.45) is 0. The van der Waals surface area contributed by atoms with E-state index in [4.69, 9.17) is 15.8 Å². The first-order chi connectivity index (χ1) is 9.38. The SMILES string of the molecule is O=C(O)c1ccc(Sc2ccccc2)c(S(=O)(=O)Cl)c1. The van der Waals surface area contributed by atoms with Crippen LogP contribution in [0.5, 0.6) is 0 Å². The molecule has 0 aliphatic heterocycles. The van der Waals surface area contributed by atoms with Crippen molar-refractivity contribution in [3.63, 3.8) is 0 Å². The Hall–Kier alpha value is -1.50. The van der Waals surface area contributed by atoms with Crippen molar-refractivity contribution < 1.29 is 18.3 Å². The Morgan fingerprint density at radius 3 is 2.30 bits per heavy atom. The normalized spacial score (nSPS) is 11.2. The first-order valence-corrected chi connectivity index (χ1v) is 8.55. The molecule has 20 heavy (non-hydrogen) atoms. The van der Waals surface area contributed by atoms with Gasteiger partial charge in [0.1, 0.15) is 0 Å². The fourth-order valence-corrected chi connectivity index (χ4v) is 3.92. The summed E-state index contributed by atoms with van der Waals surface area (Å²) >= 11 is 1.20. The van der Waals surface area contributed by atoms with Crippen LogP contribution in [0.2, 0.25) is 0 Å². The average molecular weight is 329 g/mol. The molecule has 0 heterocycles. The largest absolute Gasteiger partial charge is 0.478 e. The van der Waals surface area contributed by atoms with Gasteiger partial charge >= 0.3 is 5.97 Å². The number of carboxylic acids is 1. The summed E-state index contributed by atoms with van der Waals surface area (Å²) in [4.78, 5) is 11.9. The van der Waals surface area contributed by atoms with Crippen molar-refractivity contribution in [2.45, 2.75) is 14.7 Å². The minimum Gasteiger partial charge on any atom is -0.478 e. The maximum Gasteiger partial charge on any atom is 0.335 e. The number of rotatable bonds is 4. The molecule has 0 amide bonds. The quantitative estimate of drug-likeness (QED) is 0.870. The molecule has 2 rings (SSSR count). The van der Waals surface area contributed by atoms with Crippen LogP contribution in [0.15, 0.2) is 63.2 Å². The van der Waals surface area contributed by atoms with Gasteiger partial charge < -0.3 is 5.11 Å². The molecule has 0 aromatic heterocycles. The van der Waals surface area contributed by atoms with Crippen molar-refractivity contribution in [1.82, 2.24) is 0 Å². The van der Waals surface area contributed by atoms with E-state index in [1.54, 1.807) is 0 Å². The van der Waals surface area contributed by atoms with Gasteiger partial charge in [-0.15, -0.1) is 0 Å². The van der Waals surface area contributed by atoms with Gasteiger partial charge in [0.25, 0.3) is 9.05 Å². The molecule has 0 saturated carbocycles. The summed E-state index contributed by atoms with van der Waals surface area (Å²) < 4.78 is 23.2. The van der Waals surface area contributed by atoms with Gasteiger partial charge in [-0.2, -0.15) is 0 Å². The molecule has 0 fully saturated rings. The topological polar surface area (TPSA) is 71.4 Å². The molecule has 7 heteroatoms. The highest BCUT2D eigenvalue weighted by Gasteiger charge is 2.19. The lowest BCUT2D eigenvalue weighted by atomic mass is 10.2. The first-order valence-electron chi connectivity index (χ1n) is 5.43. The summed E-state index contributed by atoms with van der Waals surface area (Å²) in [6, 6.07) is 13.0. The second-order valence-electron chi connectivity index (χ2n) is 3.82. The van der Waals surface area contributed by atoms with Crippen LogP contribution in [0.1, 0.15) is 10.4 Å². The van der Waals surface area contributed by atoms with Crippen LogP contribution in [0, 0.1) is 0 Å². The van der Waals surface area contributed by atoms with Gasteiger partial charge in [-0.3, -0.25) is 0 Å². The van der Waals surface area contributed by atoms with Crippen LogP contribution >= 0.6 is 22.4 Å². The molecule has 0 bridgehead atoms.